The first-order valence-corrected chi connectivity index (χ1v) is 9.25. The van der Waals surface area contributed by atoms with E-state index in [9.17, 15) is 18.4 Å². The Kier molecular flexibility index (Phi) is 6.58. The first-order valence-electron chi connectivity index (χ1n) is 9.25. The van der Waals surface area contributed by atoms with Crippen LogP contribution in [0.1, 0.15) is 47.5 Å². The highest BCUT2D eigenvalue weighted by Crippen LogP contribution is 2.36. The fourth-order valence-electron chi connectivity index (χ4n) is 3.25. The molecule has 1 saturated heterocycles. The zero-order chi connectivity index (χ0) is 20.4. The molecule has 7 heteroatoms. The van der Waals surface area contributed by atoms with E-state index in [1.807, 2.05) is 0 Å². The van der Waals surface area contributed by atoms with E-state index in [1.54, 1.807) is 34.6 Å². The molecule has 0 amide bonds. The van der Waals surface area contributed by atoms with Crippen LogP contribution in [0.3, 0.4) is 0 Å². The Balaban J connectivity index is 2.18. The number of alkyl halides is 1. The van der Waals surface area contributed by atoms with Crippen molar-refractivity contribution in [3.63, 3.8) is 0 Å². The summed E-state index contributed by atoms with van der Waals surface area (Å²) in [5.41, 5.74) is -2.37. The maximum atomic E-state index is 14.7. The van der Waals surface area contributed by atoms with Gasteiger partial charge in [0.2, 0.25) is 0 Å². The summed E-state index contributed by atoms with van der Waals surface area (Å²) in [4.78, 5) is 24.9. The van der Waals surface area contributed by atoms with Gasteiger partial charge >= 0.3 is 5.97 Å². The van der Waals surface area contributed by atoms with Crippen LogP contribution in [0.2, 0.25) is 0 Å². The molecule has 0 spiro atoms. The molecule has 0 radical (unpaired) electrons. The summed E-state index contributed by atoms with van der Waals surface area (Å²) >= 11 is 0. The van der Waals surface area contributed by atoms with Gasteiger partial charge in [-0.15, -0.1) is 0 Å². The van der Waals surface area contributed by atoms with Gasteiger partial charge in [-0.2, -0.15) is 0 Å². The van der Waals surface area contributed by atoms with Gasteiger partial charge in [0.1, 0.15) is 17.6 Å². The monoisotopic (exact) mass is 385 g/mol. The third-order valence-corrected chi connectivity index (χ3v) is 4.53. The lowest BCUT2D eigenvalue weighted by Crippen LogP contribution is -2.43. The number of hydrogen-bond acceptors (Lipinski definition) is 5. The summed E-state index contributed by atoms with van der Waals surface area (Å²) < 4.78 is 40.1. The quantitative estimate of drug-likeness (QED) is 0.737. The van der Waals surface area contributed by atoms with Crippen LogP contribution < -0.4 is 5.32 Å². The number of ether oxygens (including phenoxy) is 2. The molecule has 0 aromatic rings. The molecule has 2 aliphatic rings. The topological polar surface area (TPSA) is 64.6 Å². The van der Waals surface area contributed by atoms with Gasteiger partial charge in [0, 0.05) is 30.5 Å². The average Bonchev–Trinajstić information content (AvgIpc) is 2.53. The molecule has 0 aromatic heterocycles. The molecule has 27 heavy (non-hydrogen) atoms. The number of hydrogen-bond donors (Lipinski definition) is 1. The number of morpholine rings is 1. The minimum absolute atomic E-state index is 0.107. The molecule has 1 aliphatic heterocycles. The summed E-state index contributed by atoms with van der Waals surface area (Å²) in [5, 5.41) is 3.17. The highest BCUT2D eigenvalue weighted by Gasteiger charge is 2.40. The van der Waals surface area contributed by atoms with Gasteiger partial charge in [-0.25, -0.2) is 13.6 Å². The van der Waals surface area contributed by atoms with E-state index in [0.717, 1.165) is 12.6 Å². The second-order valence-corrected chi connectivity index (χ2v) is 8.72. The first kappa shape index (κ1) is 21.7. The van der Waals surface area contributed by atoms with Crippen LogP contribution in [0.15, 0.2) is 23.0 Å². The average molecular weight is 385 g/mol. The van der Waals surface area contributed by atoms with Crippen molar-refractivity contribution in [1.82, 2.24) is 5.32 Å². The van der Waals surface area contributed by atoms with Crippen molar-refractivity contribution in [3.8, 4) is 0 Å². The van der Waals surface area contributed by atoms with Crippen LogP contribution in [-0.2, 0) is 19.1 Å². The molecule has 2 atom stereocenters. The molecule has 0 bridgehead atoms. The van der Waals surface area contributed by atoms with Crippen molar-refractivity contribution in [2.24, 2.45) is 5.41 Å². The van der Waals surface area contributed by atoms with Gasteiger partial charge in [0.15, 0.2) is 5.78 Å². The Morgan fingerprint density at radius 1 is 1.30 bits per heavy atom. The van der Waals surface area contributed by atoms with E-state index < -0.39 is 40.3 Å². The van der Waals surface area contributed by atoms with Crippen molar-refractivity contribution in [3.05, 3.63) is 23.0 Å². The second-order valence-electron chi connectivity index (χ2n) is 8.72. The maximum Gasteiger partial charge on any atom is 0.334 e. The Hall–Kier alpha value is -1.60. The fourth-order valence-corrected chi connectivity index (χ4v) is 3.25. The fraction of sp³-hybridized carbons (Fsp3) is 0.700. The van der Waals surface area contributed by atoms with Crippen molar-refractivity contribution >= 4 is 11.8 Å². The van der Waals surface area contributed by atoms with Crippen LogP contribution in [0.5, 0.6) is 0 Å². The Labute approximate surface area is 159 Å². The molecule has 1 fully saturated rings. The van der Waals surface area contributed by atoms with E-state index >= 15 is 0 Å². The van der Waals surface area contributed by atoms with Gasteiger partial charge in [0.25, 0.3) is 0 Å². The van der Waals surface area contributed by atoms with E-state index in [-0.39, 0.29) is 18.1 Å². The number of allylic oxidation sites excluding steroid dienone is 3. The molecule has 1 N–H and O–H groups in total. The van der Waals surface area contributed by atoms with Crippen molar-refractivity contribution in [2.45, 2.75) is 65.3 Å². The summed E-state index contributed by atoms with van der Waals surface area (Å²) in [5.74, 6) is -2.37. The van der Waals surface area contributed by atoms with Crippen LogP contribution in [-0.4, -0.2) is 49.3 Å². The second kappa shape index (κ2) is 8.19. The minimum atomic E-state index is -1.88. The molecule has 152 valence electrons. The highest BCUT2D eigenvalue weighted by atomic mass is 19.1. The van der Waals surface area contributed by atoms with E-state index in [1.165, 1.54) is 0 Å². The van der Waals surface area contributed by atoms with E-state index in [4.69, 9.17) is 9.47 Å². The standard InChI is InChI=1S/C20H29F2NO4/c1-19(2,3)27-18(25)12-8-14(21)16(15(22)9-12)17(24)20(4,5)10-13-11-23-6-7-26-13/h8,13,15,23H,6-7,9-11H2,1-5H3/t13-,15?/m0/s1. The Morgan fingerprint density at radius 3 is 2.48 bits per heavy atom. The number of esters is 1. The lowest BCUT2D eigenvalue weighted by molar-refractivity contribution is -0.150. The molecule has 0 aromatic carbocycles. The third kappa shape index (κ3) is 5.69. The number of rotatable bonds is 5. The van der Waals surface area contributed by atoms with Gasteiger partial charge in [-0.05, 0) is 33.3 Å². The minimum Gasteiger partial charge on any atom is -0.457 e. The maximum absolute atomic E-state index is 14.7. The molecule has 1 unspecified atom stereocenters. The van der Waals surface area contributed by atoms with Crippen LogP contribution >= 0.6 is 0 Å². The smallest absolute Gasteiger partial charge is 0.334 e. The number of ketones is 1. The normalized spacial score (nSPS) is 24.5. The van der Waals surface area contributed by atoms with Gasteiger partial charge < -0.3 is 14.8 Å². The largest absolute Gasteiger partial charge is 0.457 e. The van der Waals surface area contributed by atoms with Crippen LogP contribution in [0, 0.1) is 5.41 Å². The molecule has 5 nitrogen and oxygen atoms in total. The number of halogens is 2. The van der Waals surface area contributed by atoms with E-state index in [2.05, 4.69) is 5.32 Å². The molecular weight excluding hydrogens is 356 g/mol. The molecule has 1 heterocycles. The predicted molar refractivity (Wildman–Crippen MR) is 97.6 cm³/mol. The van der Waals surface area contributed by atoms with Crippen LogP contribution in [0.4, 0.5) is 8.78 Å². The number of carbonyl (C=O) groups is 2. The number of carbonyl (C=O) groups excluding carboxylic acids is 2. The number of nitrogens with one attached hydrogen (secondary N) is 1. The van der Waals surface area contributed by atoms with E-state index in [0.29, 0.717) is 19.6 Å². The summed E-state index contributed by atoms with van der Waals surface area (Å²) in [6.07, 6.45) is -1.16. The predicted octanol–water partition coefficient (Wildman–Crippen LogP) is 3.19. The van der Waals surface area contributed by atoms with Crippen molar-refractivity contribution < 1.29 is 27.8 Å². The summed E-state index contributed by atoms with van der Waals surface area (Å²) in [6.45, 7) is 10.2. The molecule has 0 saturated carbocycles. The Bertz CT molecular complexity index is 655. The summed E-state index contributed by atoms with van der Waals surface area (Å²) in [7, 11) is 0. The van der Waals surface area contributed by atoms with Gasteiger partial charge in [-0.1, -0.05) is 13.8 Å². The number of Topliss-reactive ketones (excluding diaryl/α,β-unsaturated/α-hetero) is 1. The molecule has 1 aliphatic carbocycles. The highest BCUT2D eigenvalue weighted by molar-refractivity contribution is 6.02. The lowest BCUT2D eigenvalue weighted by Gasteiger charge is -2.33. The zero-order valence-electron chi connectivity index (χ0n) is 16.7. The zero-order valence-corrected chi connectivity index (χ0v) is 16.7. The molecular formula is C20H29F2NO4. The third-order valence-electron chi connectivity index (χ3n) is 4.53. The van der Waals surface area contributed by atoms with Crippen molar-refractivity contribution in [1.29, 1.82) is 0 Å². The lowest BCUT2D eigenvalue weighted by atomic mass is 9.76. The summed E-state index contributed by atoms with van der Waals surface area (Å²) in [6, 6.07) is 0. The molecule has 2 rings (SSSR count). The first-order chi connectivity index (χ1) is 12.4. The van der Waals surface area contributed by atoms with Gasteiger partial charge in [0.05, 0.1) is 18.3 Å². The SMILES string of the molecule is CC(C)(C)OC(=O)C1=CC(F)=C(C(=O)C(C)(C)C[C@H]2CNCCO2)C(F)C1. The van der Waals surface area contributed by atoms with Gasteiger partial charge in [-0.3, -0.25) is 4.79 Å². The van der Waals surface area contributed by atoms with Crippen LogP contribution in [0.25, 0.3) is 0 Å². The Morgan fingerprint density at radius 2 is 1.96 bits per heavy atom. The van der Waals surface area contributed by atoms with Crippen molar-refractivity contribution in [2.75, 3.05) is 19.7 Å².